The molecule has 0 aliphatic carbocycles. The van der Waals surface area contributed by atoms with Gasteiger partial charge in [0.15, 0.2) is 0 Å². The summed E-state index contributed by atoms with van der Waals surface area (Å²) < 4.78 is 10.1. The van der Waals surface area contributed by atoms with Gasteiger partial charge in [-0.15, -0.1) is 0 Å². The van der Waals surface area contributed by atoms with Gasteiger partial charge in [-0.3, -0.25) is 0 Å². The highest BCUT2D eigenvalue weighted by Gasteiger charge is 2.05. The van der Waals surface area contributed by atoms with Gasteiger partial charge in [0.1, 0.15) is 11.3 Å². The lowest BCUT2D eigenvalue weighted by Gasteiger charge is -1.89. The molecule has 3 nitrogen and oxygen atoms in total. The van der Waals surface area contributed by atoms with Crippen LogP contribution < -0.4 is 4.74 Å². The summed E-state index contributed by atoms with van der Waals surface area (Å²) in [5.74, 6) is 0.617. The van der Waals surface area contributed by atoms with E-state index in [2.05, 4.69) is 0 Å². The van der Waals surface area contributed by atoms with Gasteiger partial charge in [0.2, 0.25) is 0 Å². The van der Waals surface area contributed by atoms with Crippen LogP contribution in [0.5, 0.6) is 11.7 Å². The van der Waals surface area contributed by atoms with Gasteiger partial charge in [0.25, 0.3) is 5.95 Å². The highest BCUT2D eigenvalue weighted by molar-refractivity contribution is 5.84. The quantitative estimate of drug-likeness (QED) is 0.702. The summed E-state index contributed by atoms with van der Waals surface area (Å²) >= 11 is 0. The molecule has 0 saturated heterocycles. The minimum atomic E-state index is 0.208. The molecule has 0 atom stereocenters. The molecular weight excluding hydrogens is 156 g/mol. The molecule has 3 heteroatoms. The van der Waals surface area contributed by atoms with Crippen LogP contribution >= 0.6 is 0 Å². The summed E-state index contributed by atoms with van der Waals surface area (Å²) in [7, 11) is 1.52. The Hall–Kier alpha value is -1.64. The van der Waals surface area contributed by atoms with Crippen LogP contribution in [0.1, 0.15) is 0 Å². The van der Waals surface area contributed by atoms with Crippen LogP contribution in [-0.2, 0) is 0 Å². The molecule has 0 fully saturated rings. The van der Waals surface area contributed by atoms with Gasteiger partial charge in [-0.05, 0) is 12.1 Å². The lowest BCUT2D eigenvalue weighted by Crippen LogP contribution is -1.75. The van der Waals surface area contributed by atoms with Crippen molar-refractivity contribution in [1.29, 1.82) is 0 Å². The third kappa shape index (κ3) is 0.906. The van der Waals surface area contributed by atoms with Crippen molar-refractivity contribution >= 4 is 11.0 Å². The van der Waals surface area contributed by atoms with E-state index in [0.29, 0.717) is 16.9 Å². The summed E-state index contributed by atoms with van der Waals surface area (Å²) in [5, 5.41) is 10.0. The summed E-state index contributed by atoms with van der Waals surface area (Å²) in [4.78, 5) is 0. The predicted octanol–water partition coefficient (Wildman–Crippen LogP) is 2.15. The van der Waals surface area contributed by atoms with Gasteiger partial charge in [-0.1, -0.05) is 6.07 Å². The van der Waals surface area contributed by atoms with Crippen LogP contribution in [0.4, 0.5) is 0 Å². The van der Waals surface area contributed by atoms with Crippen molar-refractivity contribution in [2.45, 2.75) is 0 Å². The van der Waals surface area contributed by atoms with Gasteiger partial charge in [-0.2, -0.15) is 0 Å². The fraction of sp³-hybridized carbons (Fsp3) is 0.111. The van der Waals surface area contributed by atoms with E-state index < -0.39 is 0 Å². The maximum absolute atomic E-state index is 9.36. The number of methoxy groups -OCH3 is 1. The number of hydrogen-bond donors (Lipinski definition) is 1. The Morgan fingerprint density at radius 2 is 2.25 bits per heavy atom. The highest BCUT2D eigenvalue weighted by atomic mass is 16.6. The molecule has 0 spiro atoms. The fourth-order valence-electron chi connectivity index (χ4n) is 1.12. The van der Waals surface area contributed by atoms with E-state index in [-0.39, 0.29) is 5.75 Å². The van der Waals surface area contributed by atoms with Crippen molar-refractivity contribution in [3.63, 3.8) is 0 Å². The minimum absolute atomic E-state index is 0.208. The van der Waals surface area contributed by atoms with Crippen LogP contribution in [0.15, 0.2) is 28.7 Å². The summed E-state index contributed by atoms with van der Waals surface area (Å²) in [6.45, 7) is 0. The monoisotopic (exact) mass is 164 g/mol. The molecule has 0 aliphatic rings. The average Bonchev–Trinajstić information content (AvgIpc) is 2.49. The smallest absolute Gasteiger partial charge is 0.285 e. The number of hydrogen-bond acceptors (Lipinski definition) is 3. The van der Waals surface area contributed by atoms with Crippen molar-refractivity contribution in [3.05, 3.63) is 24.3 Å². The Bertz CT molecular complexity index is 403. The maximum Gasteiger partial charge on any atom is 0.285 e. The number of benzene rings is 1. The van der Waals surface area contributed by atoms with Crippen molar-refractivity contribution in [3.8, 4) is 11.7 Å². The topological polar surface area (TPSA) is 42.6 Å². The number of fused-ring (bicyclic) bond motifs is 1. The Kier molecular flexibility index (Phi) is 1.43. The maximum atomic E-state index is 9.36. The second-order valence-corrected chi connectivity index (χ2v) is 2.46. The Morgan fingerprint density at radius 3 is 2.92 bits per heavy atom. The molecule has 0 aliphatic heterocycles. The number of phenolic OH excluding ortho intramolecular Hbond substituents is 1. The van der Waals surface area contributed by atoms with E-state index in [1.54, 1.807) is 24.3 Å². The zero-order valence-electron chi connectivity index (χ0n) is 6.57. The van der Waals surface area contributed by atoms with E-state index in [1.165, 1.54) is 7.11 Å². The first-order valence-electron chi connectivity index (χ1n) is 3.57. The largest absolute Gasteiger partial charge is 0.507 e. The number of phenols is 1. The number of rotatable bonds is 1. The van der Waals surface area contributed by atoms with Crippen LogP contribution in [0, 0.1) is 0 Å². The molecular formula is C9H8O3. The van der Waals surface area contributed by atoms with Crippen molar-refractivity contribution in [2.75, 3.05) is 7.11 Å². The van der Waals surface area contributed by atoms with Gasteiger partial charge >= 0.3 is 0 Å². The molecule has 2 aromatic rings. The third-order valence-electron chi connectivity index (χ3n) is 1.72. The van der Waals surface area contributed by atoms with Crippen molar-refractivity contribution in [2.24, 2.45) is 0 Å². The normalized spacial score (nSPS) is 10.4. The third-order valence-corrected chi connectivity index (χ3v) is 1.72. The van der Waals surface area contributed by atoms with Crippen molar-refractivity contribution < 1.29 is 14.3 Å². The van der Waals surface area contributed by atoms with E-state index in [9.17, 15) is 5.11 Å². The minimum Gasteiger partial charge on any atom is -0.507 e. The van der Waals surface area contributed by atoms with E-state index in [0.717, 1.165) is 0 Å². The van der Waals surface area contributed by atoms with Crippen LogP contribution in [0.25, 0.3) is 11.0 Å². The first-order valence-corrected chi connectivity index (χ1v) is 3.57. The SMILES string of the molecule is COc1cc2c(O)cccc2o1. The Labute approximate surface area is 69.2 Å². The molecule has 1 aromatic carbocycles. The molecule has 12 heavy (non-hydrogen) atoms. The lowest BCUT2D eigenvalue weighted by molar-refractivity contribution is 0.316. The molecule has 2 rings (SSSR count). The van der Waals surface area contributed by atoms with Gasteiger partial charge in [0.05, 0.1) is 12.5 Å². The first kappa shape index (κ1) is 7.03. The van der Waals surface area contributed by atoms with Crippen LogP contribution in [0.3, 0.4) is 0 Å². The van der Waals surface area contributed by atoms with E-state index in [1.807, 2.05) is 0 Å². The Morgan fingerprint density at radius 1 is 1.42 bits per heavy atom. The van der Waals surface area contributed by atoms with Crippen molar-refractivity contribution in [1.82, 2.24) is 0 Å². The molecule has 0 bridgehead atoms. The highest BCUT2D eigenvalue weighted by Crippen LogP contribution is 2.30. The van der Waals surface area contributed by atoms with E-state index in [4.69, 9.17) is 9.15 Å². The first-order chi connectivity index (χ1) is 5.81. The number of aromatic hydroxyl groups is 1. The second-order valence-electron chi connectivity index (χ2n) is 2.46. The second kappa shape index (κ2) is 2.44. The number of ether oxygens (including phenoxy) is 1. The average molecular weight is 164 g/mol. The Balaban J connectivity index is 2.74. The molecule has 1 heterocycles. The predicted molar refractivity (Wildman–Crippen MR) is 44.4 cm³/mol. The zero-order chi connectivity index (χ0) is 8.55. The van der Waals surface area contributed by atoms with Gasteiger partial charge in [0, 0.05) is 6.07 Å². The van der Waals surface area contributed by atoms with Gasteiger partial charge in [-0.25, -0.2) is 0 Å². The molecule has 1 aromatic heterocycles. The van der Waals surface area contributed by atoms with Crippen LogP contribution in [-0.4, -0.2) is 12.2 Å². The number of furan rings is 1. The standard InChI is InChI=1S/C9H8O3/c1-11-9-5-6-7(10)3-2-4-8(6)12-9/h2-5,10H,1H3. The molecule has 1 N–H and O–H groups in total. The van der Waals surface area contributed by atoms with E-state index >= 15 is 0 Å². The van der Waals surface area contributed by atoms with Crippen LogP contribution in [0.2, 0.25) is 0 Å². The molecule has 0 amide bonds. The molecule has 0 radical (unpaired) electrons. The lowest BCUT2D eigenvalue weighted by atomic mass is 10.2. The van der Waals surface area contributed by atoms with Gasteiger partial charge < -0.3 is 14.3 Å². The summed E-state index contributed by atoms with van der Waals surface area (Å²) in [5.41, 5.74) is 0.631. The molecule has 0 saturated carbocycles. The summed E-state index contributed by atoms with van der Waals surface area (Å²) in [6, 6.07) is 6.76. The fourth-order valence-corrected chi connectivity index (χ4v) is 1.12. The molecule has 0 unspecified atom stereocenters. The zero-order valence-corrected chi connectivity index (χ0v) is 6.57. The summed E-state index contributed by atoms with van der Waals surface area (Å²) in [6.07, 6.45) is 0. The molecule has 62 valence electrons.